The molecule has 0 bridgehead atoms. The Kier molecular flexibility index (Phi) is 6.58. The number of aromatic amines is 1. The average Bonchev–Trinajstić information content (AvgIpc) is 3.48. The first-order chi connectivity index (χ1) is 15.3. The molecular weight excluding hydrogens is 505 g/mol. The molecule has 2 aromatic heterocycles. The second-order valence-electron chi connectivity index (χ2n) is 8.26. The molecule has 1 fully saturated rings. The number of allylic oxidation sites excluding steroid dienone is 1. The summed E-state index contributed by atoms with van der Waals surface area (Å²) in [5.74, 6) is 1.41. The minimum Gasteiger partial charge on any atom is -0.354 e. The molecule has 9 nitrogen and oxygen atoms in total. The number of halogens is 1. The van der Waals surface area contributed by atoms with E-state index in [1.807, 2.05) is 18.6 Å². The molecule has 4 heterocycles. The molecule has 4 N–H and O–H groups in total. The fourth-order valence-electron chi connectivity index (χ4n) is 4.66. The van der Waals surface area contributed by atoms with E-state index in [0.29, 0.717) is 12.0 Å². The lowest BCUT2D eigenvalue weighted by Gasteiger charge is -2.28. The smallest absolute Gasteiger partial charge is 0.132 e. The van der Waals surface area contributed by atoms with E-state index in [0.717, 1.165) is 57.0 Å². The van der Waals surface area contributed by atoms with Gasteiger partial charge >= 0.3 is 0 Å². The summed E-state index contributed by atoms with van der Waals surface area (Å²) < 4.78 is 0.201. The fourth-order valence-corrected chi connectivity index (χ4v) is 5.36. The number of aliphatic imine (C=N–C) groups is 1. The van der Waals surface area contributed by atoms with Gasteiger partial charge in [-0.25, -0.2) is 15.4 Å². The summed E-state index contributed by atoms with van der Waals surface area (Å²) in [6.45, 7) is 3.63. The van der Waals surface area contributed by atoms with Gasteiger partial charge in [-0.05, 0) is 31.4 Å². The molecule has 4 atom stereocenters. The van der Waals surface area contributed by atoms with E-state index in [-0.39, 0.29) is 10.1 Å². The van der Waals surface area contributed by atoms with Crippen LogP contribution in [0.4, 0.5) is 5.82 Å². The normalized spacial score (nSPS) is 29.5. The summed E-state index contributed by atoms with van der Waals surface area (Å²) in [5.41, 5.74) is 10.6. The summed E-state index contributed by atoms with van der Waals surface area (Å²) in [6, 6.07) is 2.72. The lowest BCUT2D eigenvalue weighted by atomic mass is 9.79. The van der Waals surface area contributed by atoms with Crippen molar-refractivity contribution < 1.29 is 0 Å². The number of anilines is 1. The van der Waals surface area contributed by atoms with Gasteiger partial charge in [-0.15, -0.1) is 0 Å². The van der Waals surface area contributed by atoms with Crippen LogP contribution in [0.15, 0.2) is 35.9 Å². The maximum Gasteiger partial charge on any atom is 0.132 e. The fraction of sp³-hybridized carbons (Fsp3) is 0.524. The molecule has 1 unspecified atom stereocenters. The lowest BCUT2D eigenvalue weighted by Crippen LogP contribution is -2.34. The van der Waals surface area contributed by atoms with E-state index in [2.05, 4.69) is 81.0 Å². The highest BCUT2D eigenvalue weighted by atomic mass is 127. The van der Waals surface area contributed by atoms with E-state index in [1.165, 1.54) is 11.1 Å². The molecule has 1 aliphatic carbocycles. The molecule has 164 valence electrons. The van der Waals surface area contributed by atoms with Crippen LogP contribution in [0.2, 0.25) is 0 Å². The van der Waals surface area contributed by atoms with Crippen LogP contribution in [0, 0.1) is 5.92 Å². The van der Waals surface area contributed by atoms with Crippen LogP contribution in [0.5, 0.6) is 0 Å². The molecule has 5 rings (SSSR count). The van der Waals surface area contributed by atoms with Crippen LogP contribution in [0.3, 0.4) is 0 Å². The highest BCUT2D eigenvalue weighted by molar-refractivity contribution is 14.1. The Morgan fingerprint density at radius 2 is 2.16 bits per heavy atom. The summed E-state index contributed by atoms with van der Waals surface area (Å²) in [7, 11) is 0. The minimum atomic E-state index is 0.151. The van der Waals surface area contributed by atoms with Crippen molar-refractivity contribution in [1.29, 1.82) is 0 Å². The van der Waals surface area contributed by atoms with Gasteiger partial charge in [0.05, 0.1) is 24.5 Å². The maximum absolute atomic E-state index is 4.67. The zero-order chi connectivity index (χ0) is 21.0. The van der Waals surface area contributed by atoms with E-state index < -0.39 is 0 Å². The molecule has 1 saturated heterocycles. The van der Waals surface area contributed by atoms with Crippen LogP contribution in [0.25, 0.3) is 5.57 Å². The third kappa shape index (κ3) is 4.81. The molecule has 0 spiro atoms. The topological polar surface area (TPSA) is 106 Å². The Labute approximate surface area is 195 Å². The van der Waals surface area contributed by atoms with Crippen LogP contribution >= 0.6 is 22.6 Å². The van der Waals surface area contributed by atoms with Crippen molar-refractivity contribution in [1.82, 2.24) is 36.3 Å². The molecular formula is C21H28IN9. The van der Waals surface area contributed by atoms with Gasteiger partial charge in [0.1, 0.15) is 16.2 Å². The Hall–Kier alpha value is -1.89. The average molecular weight is 533 g/mol. The van der Waals surface area contributed by atoms with Crippen molar-refractivity contribution in [2.24, 2.45) is 10.9 Å². The highest BCUT2D eigenvalue weighted by Gasteiger charge is 2.39. The highest BCUT2D eigenvalue weighted by Crippen LogP contribution is 2.40. The van der Waals surface area contributed by atoms with Crippen LogP contribution < -0.4 is 21.1 Å². The van der Waals surface area contributed by atoms with E-state index >= 15 is 0 Å². The number of nitrogens with zero attached hydrogens (tertiary/aromatic N) is 5. The number of nitrogens with one attached hydrogen (secondary N) is 4. The second kappa shape index (κ2) is 9.72. The lowest BCUT2D eigenvalue weighted by molar-refractivity contribution is 0.409. The number of hydrogen-bond acceptors (Lipinski definition) is 8. The second-order valence-corrected chi connectivity index (χ2v) is 9.70. The first-order valence-electron chi connectivity index (χ1n) is 10.9. The molecule has 10 heteroatoms. The summed E-state index contributed by atoms with van der Waals surface area (Å²) in [6.07, 6.45) is 13.0. The zero-order valence-corrected chi connectivity index (χ0v) is 19.5. The maximum atomic E-state index is 4.67. The van der Waals surface area contributed by atoms with Gasteiger partial charge < -0.3 is 10.2 Å². The van der Waals surface area contributed by atoms with E-state index in [1.54, 1.807) is 6.33 Å². The Bertz CT molecular complexity index is 929. The van der Waals surface area contributed by atoms with Gasteiger partial charge in [0.15, 0.2) is 0 Å². The zero-order valence-electron chi connectivity index (χ0n) is 17.3. The van der Waals surface area contributed by atoms with Crippen molar-refractivity contribution in [2.75, 3.05) is 31.1 Å². The molecule has 0 aromatic carbocycles. The molecule has 3 aliphatic rings. The predicted molar refractivity (Wildman–Crippen MR) is 130 cm³/mol. The molecule has 2 aliphatic heterocycles. The number of hydrogen-bond donors (Lipinski definition) is 4. The Balaban J connectivity index is 1.35. The number of hydrazine groups is 1. The quantitative estimate of drug-likeness (QED) is 0.271. The third-order valence-corrected chi connectivity index (χ3v) is 7.00. The number of aromatic nitrogens is 4. The first-order valence-corrected chi connectivity index (χ1v) is 12.1. The third-order valence-electron chi connectivity index (χ3n) is 6.28. The molecule has 0 amide bonds. The molecule has 2 aromatic rings. The van der Waals surface area contributed by atoms with Gasteiger partial charge in [0.25, 0.3) is 0 Å². The Morgan fingerprint density at radius 1 is 1.19 bits per heavy atom. The number of rotatable bonds is 3. The number of alkyl halides is 1. The van der Waals surface area contributed by atoms with Crippen molar-refractivity contribution >= 4 is 40.2 Å². The van der Waals surface area contributed by atoms with Crippen molar-refractivity contribution in [3.8, 4) is 0 Å². The van der Waals surface area contributed by atoms with Crippen molar-refractivity contribution in [2.45, 2.75) is 35.4 Å². The number of H-pyrrole nitrogens is 1. The monoisotopic (exact) mass is 533 g/mol. The molecule has 31 heavy (non-hydrogen) atoms. The first kappa shape index (κ1) is 21.0. The van der Waals surface area contributed by atoms with Crippen LogP contribution in [-0.2, 0) is 0 Å². The van der Waals surface area contributed by atoms with Crippen LogP contribution in [-0.4, -0.2) is 62.6 Å². The largest absolute Gasteiger partial charge is 0.354 e. The van der Waals surface area contributed by atoms with Crippen LogP contribution in [0.1, 0.15) is 36.6 Å². The van der Waals surface area contributed by atoms with E-state index in [9.17, 15) is 0 Å². The SMILES string of the molecule is IC1CN(c2cc([C@@H]3NN[C@@H]4CC=C(c5cn[nH]c5)C[C@@H]43)ncn2)CCCNCC=N1. The summed E-state index contributed by atoms with van der Waals surface area (Å²) in [5, 5.41) is 10.5. The number of fused-ring (bicyclic) bond motifs is 1. The van der Waals surface area contributed by atoms with Gasteiger partial charge in [-0.3, -0.25) is 15.5 Å². The van der Waals surface area contributed by atoms with Gasteiger partial charge in [-0.2, -0.15) is 5.10 Å². The molecule has 0 radical (unpaired) electrons. The molecule has 0 saturated carbocycles. The van der Waals surface area contributed by atoms with Crippen molar-refractivity contribution in [3.63, 3.8) is 0 Å². The summed E-state index contributed by atoms with van der Waals surface area (Å²) in [4.78, 5) is 16.3. The Morgan fingerprint density at radius 3 is 3.06 bits per heavy atom. The standard InChI is InChI=1S/C21H28IN9/c22-19-12-31(7-1-4-23-5-6-24-19)20-9-18(25-13-26-20)21-16-8-14(15-10-27-28-11-15)2-3-17(16)29-30-21/h2,6,9-11,13,16-17,19,21,23,29-30H,1,3-5,7-8,12H2,(H,27,28)/t16-,17+,19?,21+/m0/s1. The van der Waals surface area contributed by atoms with Gasteiger partial charge in [0.2, 0.25) is 0 Å². The predicted octanol–water partition coefficient (Wildman–Crippen LogP) is 1.84. The minimum absolute atomic E-state index is 0.151. The summed E-state index contributed by atoms with van der Waals surface area (Å²) >= 11 is 2.40. The van der Waals surface area contributed by atoms with Gasteiger partial charge in [-0.1, -0.05) is 28.7 Å². The van der Waals surface area contributed by atoms with E-state index in [4.69, 9.17) is 0 Å². The van der Waals surface area contributed by atoms with Gasteiger partial charge in [0, 0.05) is 49.1 Å². The van der Waals surface area contributed by atoms with Crippen molar-refractivity contribution in [3.05, 3.63) is 42.1 Å².